The van der Waals surface area contributed by atoms with E-state index in [4.69, 9.17) is 44.3 Å². The average Bonchev–Trinajstić information content (AvgIpc) is 2.81. The first-order valence-corrected chi connectivity index (χ1v) is 13.9. The van der Waals surface area contributed by atoms with Crippen LogP contribution in [0.15, 0.2) is 60.7 Å². The summed E-state index contributed by atoms with van der Waals surface area (Å²) in [7, 11) is -3.43. The standard InChI is InChI=1S/C26H26Cl3NO5S/c1-26(2,18-6-10-22(11-7-18)34-16-21(31)14-30-36(3,32)33)19-12-23(28)25(24(29)13-19)35-15-17-4-8-20(27)9-5-17/h4-13,30H,14-16H2,1-3H3. The van der Waals surface area contributed by atoms with Crippen LogP contribution in [-0.4, -0.2) is 33.6 Å². The molecular formula is C26H26Cl3NO5S. The van der Waals surface area contributed by atoms with Crippen molar-refractivity contribution in [3.8, 4) is 11.5 Å². The molecule has 0 unspecified atom stereocenters. The zero-order chi connectivity index (χ0) is 26.5. The molecule has 0 fully saturated rings. The molecule has 0 spiro atoms. The first-order valence-electron chi connectivity index (χ1n) is 10.9. The second-order valence-corrected chi connectivity index (χ2v) is 11.8. The summed E-state index contributed by atoms with van der Waals surface area (Å²) in [5, 5.41) is 1.46. The number of ether oxygens (including phenoxy) is 2. The van der Waals surface area contributed by atoms with Crippen LogP contribution in [0.1, 0.15) is 30.5 Å². The molecule has 192 valence electrons. The summed E-state index contributed by atoms with van der Waals surface area (Å²) in [6.07, 6.45) is 0.990. The number of carbonyl (C=O) groups excluding carboxylic acids is 1. The highest BCUT2D eigenvalue weighted by Gasteiger charge is 2.26. The third-order valence-electron chi connectivity index (χ3n) is 5.52. The molecule has 6 nitrogen and oxygen atoms in total. The van der Waals surface area contributed by atoms with E-state index in [0.717, 1.165) is 22.9 Å². The van der Waals surface area contributed by atoms with Crippen LogP contribution < -0.4 is 14.2 Å². The number of hydrogen-bond donors (Lipinski definition) is 1. The minimum absolute atomic E-state index is 0.242. The second-order valence-electron chi connectivity index (χ2n) is 8.75. The van der Waals surface area contributed by atoms with E-state index in [1.807, 2.05) is 50.2 Å². The van der Waals surface area contributed by atoms with Gasteiger partial charge in [0.15, 0.2) is 11.5 Å². The molecule has 0 saturated carbocycles. The van der Waals surface area contributed by atoms with Crippen molar-refractivity contribution < 1.29 is 22.7 Å². The maximum atomic E-state index is 11.8. The van der Waals surface area contributed by atoms with Crippen LogP contribution in [0, 0.1) is 0 Å². The Morgan fingerprint density at radius 2 is 1.47 bits per heavy atom. The number of halogens is 3. The maximum absolute atomic E-state index is 11.8. The summed E-state index contributed by atoms with van der Waals surface area (Å²) >= 11 is 19.0. The van der Waals surface area contributed by atoms with E-state index < -0.39 is 15.4 Å². The summed E-state index contributed by atoms with van der Waals surface area (Å²) in [5.74, 6) is 0.517. The molecule has 0 radical (unpaired) electrons. The van der Waals surface area contributed by atoms with Crippen LogP contribution in [0.5, 0.6) is 11.5 Å². The summed E-state index contributed by atoms with van der Waals surface area (Å²) in [6, 6.07) is 18.3. The van der Waals surface area contributed by atoms with Gasteiger partial charge in [-0.2, -0.15) is 0 Å². The summed E-state index contributed by atoms with van der Waals surface area (Å²) in [5.41, 5.74) is 2.36. The van der Waals surface area contributed by atoms with Crippen LogP contribution in [0.2, 0.25) is 15.1 Å². The number of rotatable bonds is 11. The minimum atomic E-state index is -3.43. The minimum Gasteiger partial charge on any atom is -0.486 e. The van der Waals surface area contributed by atoms with Crippen LogP contribution >= 0.6 is 34.8 Å². The third-order valence-corrected chi connectivity index (χ3v) is 7.01. The van der Waals surface area contributed by atoms with Crippen molar-refractivity contribution in [1.29, 1.82) is 0 Å². The topological polar surface area (TPSA) is 81.7 Å². The van der Waals surface area contributed by atoms with E-state index >= 15 is 0 Å². The molecule has 0 aromatic heterocycles. The number of hydrogen-bond acceptors (Lipinski definition) is 5. The first-order chi connectivity index (χ1) is 16.8. The number of Topliss-reactive ketones (excluding diaryl/α,β-unsaturated/α-hetero) is 1. The first kappa shape index (κ1) is 28.3. The predicted octanol–water partition coefficient (Wildman–Crippen LogP) is 6.05. The van der Waals surface area contributed by atoms with Gasteiger partial charge in [-0.25, -0.2) is 13.1 Å². The third kappa shape index (κ3) is 7.85. The van der Waals surface area contributed by atoms with Gasteiger partial charge in [0.25, 0.3) is 0 Å². The van der Waals surface area contributed by atoms with Crippen molar-refractivity contribution >= 4 is 50.6 Å². The Hall–Kier alpha value is -2.29. The molecule has 36 heavy (non-hydrogen) atoms. The van der Waals surface area contributed by atoms with E-state index in [0.29, 0.717) is 33.2 Å². The quantitative estimate of drug-likeness (QED) is 0.304. The molecule has 0 heterocycles. The van der Waals surface area contributed by atoms with E-state index in [-0.39, 0.29) is 18.9 Å². The number of nitrogens with one attached hydrogen (secondary N) is 1. The van der Waals surface area contributed by atoms with Gasteiger partial charge in [-0.05, 0) is 53.1 Å². The molecule has 0 aliphatic rings. The molecule has 0 aliphatic carbocycles. The zero-order valence-electron chi connectivity index (χ0n) is 20.0. The van der Waals surface area contributed by atoms with Crippen molar-refractivity contribution in [2.24, 2.45) is 0 Å². The molecule has 3 rings (SSSR count). The van der Waals surface area contributed by atoms with Crippen LogP contribution in [0.3, 0.4) is 0 Å². The molecule has 0 amide bonds. The van der Waals surface area contributed by atoms with Crippen molar-refractivity contribution in [2.45, 2.75) is 25.9 Å². The van der Waals surface area contributed by atoms with Gasteiger partial charge in [0.2, 0.25) is 10.0 Å². The summed E-state index contributed by atoms with van der Waals surface area (Å²) in [4.78, 5) is 11.8. The highest BCUT2D eigenvalue weighted by molar-refractivity contribution is 7.88. The van der Waals surface area contributed by atoms with Crippen LogP contribution in [0.4, 0.5) is 0 Å². The number of carbonyl (C=O) groups is 1. The SMILES string of the molecule is CC(C)(c1ccc(OCC(=O)CNS(C)(=O)=O)cc1)c1cc(Cl)c(OCc2ccc(Cl)cc2)c(Cl)c1. The van der Waals surface area contributed by atoms with Crippen molar-refractivity contribution in [3.63, 3.8) is 0 Å². The van der Waals surface area contributed by atoms with Gasteiger partial charge in [0.1, 0.15) is 19.0 Å². The molecule has 3 aromatic rings. The van der Waals surface area contributed by atoms with Gasteiger partial charge >= 0.3 is 0 Å². The smallest absolute Gasteiger partial charge is 0.209 e. The van der Waals surface area contributed by atoms with E-state index in [1.165, 1.54) is 0 Å². The zero-order valence-corrected chi connectivity index (χ0v) is 23.1. The molecule has 10 heteroatoms. The molecule has 3 aromatic carbocycles. The van der Waals surface area contributed by atoms with E-state index in [9.17, 15) is 13.2 Å². The largest absolute Gasteiger partial charge is 0.486 e. The molecule has 0 bridgehead atoms. The van der Waals surface area contributed by atoms with Crippen molar-refractivity contribution in [2.75, 3.05) is 19.4 Å². The fraction of sp³-hybridized carbons (Fsp3) is 0.269. The van der Waals surface area contributed by atoms with Crippen molar-refractivity contribution in [1.82, 2.24) is 4.72 Å². The highest BCUT2D eigenvalue weighted by Crippen LogP contribution is 2.41. The van der Waals surface area contributed by atoms with Crippen molar-refractivity contribution in [3.05, 3.63) is 92.4 Å². The lowest BCUT2D eigenvalue weighted by Gasteiger charge is -2.27. The van der Waals surface area contributed by atoms with Crippen LogP contribution in [0.25, 0.3) is 0 Å². The van der Waals surface area contributed by atoms with Gasteiger partial charge in [-0.3, -0.25) is 4.79 Å². The van der Waals surface area contributed by atoms with E-state index in [2.05, 4.69) is 4.72 Å². The fourth-order valence-electron chi connectivity index (χ4n) is 3.36. The Labute approximate surface area is 226 Å². The monoisotopic (exact) mass is 569 g/mol. The predicted molar refractivity (Wildman–Crippen MR) is 144 cm³/mol. The fourth-order valence-corrected chi connectivity index (χ4v) is 4.50. The number of sulfonamides is 1. The second kappa shape index (κ2) is 11.8. The number of benzene rings is 3. The Kier molecular flexibility index (Phi) is 9.30. The Bertz CT molecular complexity index is 1300. The Morgan fingerprint density at radius 3 is 2.03 bits per heavy atom. The molecule has 0 aliphatic heterocycles. The number of ketones is 1. The van der Waals surface area contributed by atoms with E-state index in [1.54, 1.807) is 24.3 Å². The molecule has 1 N–H and O–H groups in total. The lowest BCUT2D eigenvalue weighted by molar-refractivity contribution is -0.119. The normalized spacial score (nSPS) is 11.8. The van der Waals surface area contributed by atoms with Gasteiger partial charge in [-0.1, -0.05) is 72.9 Å². The van der Waals surface area contributed by atoms with Gasteiger partial charge in [0, 0.05) is 10.4 Å². The molecule has 0 saturated heterocycles. The Balaban J connectivity index is 1.67. The van der Waals surface area contributed by atoms with Gasteiger partial charge < -0.3 is 9.47 Å². The van der Waals surface area contributed by atoms with Crippen LogP contribution in [-0.2, 0) is 26.8 Å². The average molecular weight is 571 g/mol. The molecule has 0 atom stereocenters. The lowest BCUT2D eigenvalue weighted by atomic mass is 9.78. The molecular weight excluding hydrogens is 545 g/mol. The summed E-state index contributed by atoms with van der Waals surface area (Å²) < 4.78 is 35.7. The van der Waals surface area contributed by atoms with Gasteiger partial charge in [0.05, 0.1) is 22.8 Å². The Morgan fingerprint density at radius 1 is 0.889 bits per heavy atom. The maximum Gasteiger partial charge on any atom is 0.209 e. The lowest BCUT2D eigenvalue weighted by Crippen LogP contribution is -2.31. The highest BCUT2D eigenvalue weighted by atomic mass is 35.5. The van der Waals surface area contributed by atoms with Gasteiger partial charge in [-0.15, -0.1) is 0 Å². The summed E-state index contributed by atoms with van der Waals surface area (Å²) in [6.45, 7) is 3.82.